The van der Waals surface area contributed by atoms with Gasteiger partial charge in [0.25, 0.3) is 0 Å². The summed E-state index contributed by atoms with van der Waals surface area (Å²) in [7, 11) is 1.70. The van der Waals surface area contributed by atoms with Crippen molar-refractivity contribution >= 4 is 43.5 Å². The number of ether oxygens (including phenoxy) is 1. The lowest BCUT2D eigenvalue weighted by molar-refractivity contribution is 0.383. The van der Waals surface area contributed by atoms with E-state index in [1.165, 1.54) is 19.3 Å². The molecule has 0 radical (unpaired) electrons. The summed E-state index contributed by atoms with van der Waals surface area (Å²) in [5.41, 5.74) is 1.15. The Balaban J connectivity index is 2.37. The highest BCUT2D eigenvalue weighted by Crippen LogP contribution is 2.49. The Morgan fingerprint density at radius 1 is 1.39 bits per heavy atom. The van der Waals surface area contributed by atoms with Crippen LogP contribution in [0.1, 0.15) is 36.6 Å². The van der Waals surface area contributed by atoms with E-state index in [0.29, 0.717) is 10.7 Å². The molecule has 0 heterocycles. The van der Waals surface area contributed by atoms with Crippen molar-refractivity contribution in [3.8, 4) is 5.75 Å². The van der Waals surface area contributed by atoms with E-state index in [9.17, 15) is 0 Å². The second-order valence-electron chi connectivity index (χ2n) is 4.98. The van der Waals surface area contributed by atoms with Gasteiger partial charge in [0.2, 0.25) is 0 Å². The standard InChI is InChI=1S/C14H17Br2ClO/c1-8-4-3-5-10(8)13(16)11-6-9(17)7-12(15)14(11)18-2/h6-8,10,13H,3-5H2,1-2H3. The molecule has 100 valence electrons. The van der Waals surface area contributed by atoms with E-state index in [-0.39, 0.29) is 0 Å². The van der Waals surface area contributed by atoms with Crippen molar-refractivity contribution < 1.29 is 4.74 Å². The van der Waals surface area contributed by atoms with Crippen LogP contribution in [0.5, 0.6) is 5.75 Å². The smallest absolute Gasteiger partial charge is 0.137 e. The maximum Gasteiger partial charge on any atom is 0.137 e. The molecule has 3 unspecified atom stereocenters. The van der Waals surface area contributed by atoms with Crippen molar-refractivity contribution in [2.75, 3.05) is 7.11 Å². The van der Waals surface area contributed by atoms with E-state index >= 15 is 0 Å². The molecule has 0 aliphatic heterocycles. The number of methoxy groups -OCH3 is 1. The fraction of sp³-hybridized carbons (Fsp3) is 0.571. The molecular formula is C14H17Br2ClO. The minimum atomic E-state index is 0.306. The highest BCUT2D eigenvalue weighted by Gasteiger charge is 2.32. The summed E-state index contributed by atoms with van der Waals surface area (Å²) in [6.07, 6.45) is 3.90. The van der Waals surface area contributed by atoms with E-state index in [1.54, 1.807) is 7.11 Å². The third-order valence-corrected chi connectivity index (χ3v) is 5.82. The van der Waals surface area contributed by atoms with Gasteiger partial charge in [0.05, 0.1) is 11.6 Å². The largest absolute Gasteiger partial charge is 0.495 e. The summed E-state index contributed by atoms with van der Waals surface area (Å²) in [6.45, 7) is 2.33. The van der Waals surface area contributed by atoms with Crippen LogP contribution in [-0.2, 0) is 0 Å². The SMILES string of the molecule is COc1c(Br)cc(Cl)cc1C(Br)C1CCCC1C. The van der Waals surface area contributed by atoms with Gasteiger partial charge in [0.15, 0.2) is 0 Å². The van der Waals surface area contributed by atoms with E-state index < -0.39 is 0 Å². The van der Waals surface area contributed by atoms with Crippen molar-refractivity contribution in [1.29, 1.82) is 0 Å². The molecule has 4 heteroatoms. The van der Waals surface area contributed by atoms with Gasteiger partial charge in [-0.1, -0.05) is 47.3 Å². The number of hydrogen-bond donors (Lipinski definition) is 0. The van der Waals surface area contributed by atoms with E-state index in [0.717, 1.165) is 26.7 Å². The van der Waals surface area contributed by atoms with Gasteiger partial charge in [-0.25, -0.2) is 0 Å². The molecule has 1 saturated carbocycles. The Bertz CT molecular complexity index is 436. The molecule has 1 aliphatic carbocycles. The van der Waals surface area contributed by atoms with Crippen molar-refractivity contribution in [2.24, 2.45) is 11.8 Å². The molecule has 0 N–H and O–H groups in total. The highest BCUT2D eigenvalue weighted by molar-refractivity contribution is 9.10. The van der Waals surface area contributed by atoms with Crippen LogP contribution in [0.3, 0.4) is 0 Å². The predicted octanol–water partition coefficient (Wildman–Crippen LogP) is 5.98. The van der Waals surface area contributed by atoms with Gasteiger partial charge in [-0.15, -0.1) is 0 Å². The molecule has 2 rings (SSSR count). The van der Waals surface area contributed by atoms with Crippen molar-refractivity contribution in [3.63, 3.8) is 0 Å². The van der Waals surface area contributed by atoms with Gasteiger partial charge in [-0.2, -0.15) is 0 Å². The van der Waals surface area contributed by atoms with Crippen molar-refractivity contribution in [3.05, 3.63) is 27.2 Å². The average molecular weight is 397 g/mol. The lowest BCUT2D eigenvalue weighted by atomic mass is 9.90. The Kier molecular flexibility index (Phi) is 5.01. The van der Waals surface area contributed by atoms with Gasteiger partial charge in [0.1, 0.15) is 5.75 Å². The summed E-state index contributed by atoms with van der Waals surface area (Å²) in [5.74, 6) is 2.29. The van der Waals surface area contributed by atoms with E-state index in [2.05, 4.69) is 38.8 Å². The fourth-order valence-corrected chi connectivity index (χ4v) is 4.96. The maximum atomic E-state index is 6.16. The molecule has 1 aromatic carbocycles. The normalized spacial score (nSPS) is 25.2. The first kappa shape index (κ1) is 14.7. The van der Waals surface area contributed by atoms with Crippen LogP contribution in [0.2, 0.25) is 5.02 Å². The summed E-state index contributed by atoms with van der Waals surface area (Å²) in [4.78, 5) is 0.306. The topological polar surface area (TPSA) is 9.23 Å². The van der Waals surface area contributed by atoms with Crippen LogP contribution in [0.15, 0.2) is 16.6 Å². The number of alkyl halides is 1. The third-order valence-electron chi connectivity index (χ3n) is 3.84. The second kappa shape index (κ2) is 6.15. The number of hydrogen-bond acceptors (Lipinski definition) is 1. The van der Waals surface area contributed by atoms with Crippen LogP contribution in [0.25, 0.3) is 0 Å². The molecule has 1 fully saturated rings. The molecule has 1 nitrogen and oxygen atoms in total. The maximum absolute atomic E-state index is 6.16. The Morgan fingerprint density at radius 2 is 2.11 bits per heavy atom. The van der Waals surface area contributed by atoms with Crippen molar-refractivity contribution in [2.45, 2.75) is 31.0 Å². The zero-order valence-electron chi connectivity index (χ0n) is 10.6. The van der Waals surface area contributed by atoms with Gasteiger partial charge >= 0.3 is 0 Å². The third kappa shape index (κ3) is 2.88. The molecule has 0 spiro atoms. The van der Waals surface area contributed by atoms with E-state index in [4.69, 9.17) is 16.3 Å². The zero-order chi connectivity index (χ0) is 13.3. The van der Waals surface area contributed by atoms with Crippen molar-refractivity contribution in [1.82, 2.24) is 0 Å². The molecular weight excluding hydrogens is 379 g/mol. The molecule has 0 saturated heterocycles. The molecule has 18 heavy (non-hydrogen) atoms. The summed E-state index contributed by atoms with van der Waals surface area (Å²) in [5, 5.41) is 0.743. The summed E-state index contributed by atoms with van der Waals surface area (Å²) in [6, 6.07) is 3.89. The molecule has 0 bridgehead atoms. The lowest BCUT2D eigenvalue weighted by Crippen LogP contribution is -2.11. The van der Waals surface area contributed by atoms with Crippen LogP contribution in [0, 0.1) is 11.8 Å². The van der Waals surface area contributed by atoms with Gasteiger partial charge in [0, 0.05) is 15.4 Å². The van der Waals surface area contributed by atoms with Gasteiger partial charge < -0.3 is 4.74 Å². The summed E-state index contributed by atoms with van der Waals surface area (Å²) >= 11 is 13.5. The molecule has 0 aromatic heterocycles. The van der Waals surface area contributed by atoms with E-state index in [1.807, 2.05) is 12.1 Å². The number of halogens is 3. The van der Waals surface area contributed by atoms with Crippen LogP contribution in [0.4, 0.5) is 0 Å². The molecule has 0 amide bonds. The monoisotopic (exact) mass is 394 g/mol. The number of rotatable bonds is 3. The minimum absolute atomic E-state index is 0.306. The summed E-state index contributed by atoms with van der Waals surface area (Å²) < 4.78 is 6.43. The first-order valence-electron chi connectivity index (χ1n) is 6.21. The predicted molar refractivity (Wildman–Crippen MR) is 83.9 cm³/mol. The highest BCUT2D eigenvalue weighted by atomic mass is 79.9. The van der Waals surface area contributed by atoms with Crippen LogP contribution < -0.4 is 4.74 Å². The Labute approximate surface area is 130 Å². The molecule has 1 aromatic rings. The fourth-order valence-electron chi connectivity index (χ4n) is 2.84. The average Bonchev–Trinajstić information content (AvgIpc) is 2.73. The van der Waals surface area contributed by atoms with Gasteiger partial charge in [-0.05, 0) is 46.3 Å². The zero-order valence-corrected chi connectivity index (χ0v) is 14.5. The number of benzene rings is 1. The molecule has 1 aliphatic rings. The molecule has 3 atom stereocenters. The van der Waals surface area contributed by atoms with Gasteiger partial charge in [-0.3, -0.25) is 0 Å². The van der Waals surface area contributed by atoms with Crippen LogP contribution in [-0.4, -0.2) is 7.11 Å². The second-order valence-corrected chi connectivity index (χ2v) is 7.26. The Hall–Kier alpha value is 0.270. The first-order chi connectivity index (χ1) is 8.54. The minimum Gasteiger partial charge on any atom is -0.495 e. The first-order valence-corrected chi connectivity index (χ1v) is 8.30. The van der Waals surface area contributed by atoms with Crippen LogP contribution >= 0.6 is 43.5 Å². The lowest BCUT2D eigenvalue weighted by Gasteiger charge is -2.24. The quantitative estimate of drug-likeness (QED) is 0.571. The Morgan fingerprint density at radius 3 is 2.67 bits per heavy atom.